The van der Waals surface area contributed by atoms with Gasteiger partial charge in [-0.2, -0.15) is 0 Å². The average molecular weight is 298 g/mol. The number of anilines is 1. The van der Waals surface area contributed by atoms with Crippen LogP contribution in [-0.4, -0.2) is 38.0 Å². The number of nitrogens with zero attached hydrogens (tertiary/aromatic N) is 1. The molecule has 0 fully saturated rings. The fraction of sp³-hybridized carbons (Fsp3) is 0.333. The Bertz CT molecular complexity index is 603. The number of rotatable bonds is 5. The van der Waals surface area contributed by atoms with E-state index in [9.17, 15) is 5.11 Å². The first-order chi connectivity index (χ1) is 10.8. The Morgan fingerprint density at radius 1 is 1.14 bits per heavy atom. The fourth-order valence-electron chi connectivity index (χ4n) is 3.06. The first-order valence-corrected chi connectivity index (χ1v) is 7.67. The Kier molecular flexibility index (Phi) is 4.61. The van der Waals surface area contributed by atoms with E-state index < -0.39 is 6.10 Å². The second kappa shape index (κ2) is 6.81. The highest BCUT2D eigenvalue weighted by atomic mass is 16.5. The molecule has 0 aliphatic carbocycles. The number of hydrogen-bond acceptors (Lipinski definition) is 4. The Morgan fingerprint density at radius 3 is 2.64 bits per heavy atom. The molecule has 0 unspecified atom stereocenters. The Balaban J connectivity index is 2.00. The van der Waals surface area contributed by atoms with Crippen LogP contribution in [0.15, 0.2) is 54.6 Å². The number of aliphatic hydroxyl groups excluding tert-OH is 1. The van der Waals surface area contributed by atoms with Crippen LogP contribution < -0.4 is 15.0 Å². The third-order valence-electron chi connectivity index (χ3n) is 4.02. The largest absolute Gasteiger partial charge is 0.490 e. The van der Waals surface area contributed by atoms with Crippen LogP contribution in [0.2, 0.25) is 0 Å². The minimum absolute atomic E-state index is 0.0984. The van der Waals surface area contributed by atoms with Crippen molar-refractivity contribution >= 4 is 5.69 Å². The molecular formula is C18H22N2O2. The van der Waals surface area contributed by atoms with Crippen LogP contribution in [0.3, 0.4) is 0 Å². The molecule has 0 amide bonds. The highest BCUT2D eigenvalue weighted by Crippen LogP contribution is 2.38. The van der Waals surface area contributed by atoms with Gasteiger partial charge in [0, 0.05) is 6.54 Å². The molecule has 22 heavy (non-hydrogen) atoms. The summed E-state index contributed by atoms with van der Waals surface area (Å²) in [5.41, 5.74) is 2.15. The molecule has 0 saturated heterocycles. The van der Waals surface area contributed by atoms with Gasteiger partial charge in [-0.3, -0.25) is 0 Å². The van der Waals surface area contributed by atoms with Crippen molar-refractivity contribution in [3.8, 4) is 5.75 Å². The molecule has 0 radical (unpaired) electrons. The molecule has 3 rings (SSSR count). The molecular weight excluding hydrogens is 276 g/mol. The summed E-state index contributed by atoms with van der Waals surface area (Å²) in [4.78, 5) is 2.25. The van der Waals surface area contributed by atoms with Crippen molar-refractivity contribution in [2.45, 2.75) is 12.1 Å². The van der Waals surface area contributed by atoms with Crippen molar-refractivity contribution in [1.82, 2.24) is 5.32 Å². The summed E-state index contributed by atoms with van der Waals surface area (Å²) >= 11 is 0. The van der Waals surface area contributed by atoms with Crippen LogP contribution in [-0.2, 0) is 0 Å². The van der Waals surface area contributed by atoms with Crippen LogP contribution in [0.5, 0.6) is 5.75 Å². The predicted molar refractivity (Wildman–Crippen MR) is 88.4 cm³/mol. The highest BCUT2D eigenvalue weighted by Gasteiger charge is 2.31. The lowest BCUT2D eigenvalue weighted by Gasteiger charge is -2.40. The molecule has 0 saturated carbocycles. The Hall–Kier alpha value is -2.04. The molecule has 0 spiro atoms. The van der Waals surface area contributed by atoms with Gasteiger partial charge >= 0.3 is 0 Å². The number of nitrogens with one attached hydrogen (secondary N) is 1. The number of likely N-dealkylation sites (N-methyl/N-ethyl adjacent to an activating group) is 1. The Labute approximate surface area is 131 Å². The molecule has 116 valence electrons. The van der Waals surface area contributed by atoms with Crippen molar-refractivity contribution in [2.24, 2.45) is 0 Å². The molecule has 1 aliphatic heterocycles. The second-order valence-corrected chi connectivity index (χ2v) is 5.49. The summed E-state index contributed by atoms with van der Waals surface area (Å²) in [6.45, 7) is 1.93. The maximum absolute atomic E-state index is 10.7. The van der Waals surface area contributed by atoms with Gasteiger partial charge in [0.1, 0.15) is 12.4 Å². The van der Waals surface area contributed by atoms with Gasteiger partial charge in [-0.05, 0) is 24.7 Å². The molecule has 4 heteroatoms. The van der Waals surface area contributed by atoms with Crippen molar-refractivity contribution in [3.05, 3.63) is 60.2 Å². The van der Waals surface area contributed by atoms with Gasteiger partial charge < -0.3 is 20.1 Å². The molecule has 1 heterocycles. The molecule has 2 aromatic rings. The van der Waals surface area contributed by atoms with Crippen LogP contribution in [0.25, 0.3) is 0 Å². The monoisotopic (exact) mass is 298 g/mol. The number of fused-ring (bicyclic) bond motifs is 1. The molecule has 0 bridgehead atoms. The van der Waals surface area contributed by atoms with Crippen molar-refractivity contribution in [2.75, 3.05) is 31.6 Å². The third-order valence-corrected chi connectivity index (χ3v) is 4.02. The summed E-state index contributed by atoms with van der Waals surface area (Å²) in [5, 5.41) is 13.8. The van der Waals surface area contributed by atoms with E-state index in [0.29, 0.717) is 13.2 Å². The van der Waals surface area contributed by atoms with Gasteiger partial charge in [0.2, 0.25) is 0 Å². The minimum atomic E-state index is -0.501. The van der Waals surface area contributed by atoms with Crippen LogP contribution in [0.4, 0.5) is 5.69 Å². The van der Waals surface area contributed by atoms with E-state index in [2.05, 4.69) is 28.4 Å². The molecule has 2 atom stereocenters. The van der Waals surface area contributed by atoms with Gasteiger partial charge in [0.25, 0.3) is 0 Å². The summed E-state index contributed by atoms with van der Waals surface area (Å²) in [5.74, 6) is 0.881. The van der Waals surface area contributed by atoms with E-state index in [1.165, 1.54) is 0 Å². The number of benzene rings is 2. The van der Waals surface area contributed by atoms with Gasteiger partial charge in [-0.25, -0.2) is 0 Å². The summed E-state index contributed by atoms with van der Waals surface area (Å²) < 4.78 is 5.74. The van der Waals surface area contributed by atoms with Gasteiger partial charge in [0.15, 0.2) is 0 Å². The molecule has 2 N–H and O–H groups in total. The third kappa shape index (κ3) is 2.93. The maximum atomic E-state index is 10.7. The minimum Gasteiger partial charge on any atom is -0.490 e. The maximum Gasteiger partial charge on any atom is 0.142 e. The fourth-order valence-corrected chi connectivity index (χ4v) is 3.06. The van der Waals surface area contributed by atoms with Crippen molar-refractivity contribution in [3.63, 3.8) is 0 Å². The van der Waals surface area contributed by atoms with Gasteiger partial charge in [-0.1, -0.05) is 42.5 Å². The molecule has 2 aromatic carbocycles. The lowest BCUT2D eigenvalue weighted by atomic mass is 9.98. The van der Waals surface area contributed by atoms with Crippen LogP contribution in [0.1, 0.15) is 11.6 Å². The zero-order valence-electron chi connectivity index (χ0n) is 12.8. The molecule has 1 aliphatic rings. The molecule has 4 nitrogen and oxygen atoms in total. The lowest BCUT2D eigenvalue weighted by Crippen LogP contribution is -2.44. The first kappa shape index (κ1) is 14.9. The van der Waals surface area contributed by atoms with E-state index in [1.807, 2.05) is 43.4 Å². The van der Waals surface area contributed by atoms with E-state index in [0.717, 1.165) is 23.5 Å². The van der Waals surface area contributed by atoms with E-state index in [-0.39, 0.29) is 6.04 Å². The number of ether oxygens (including phenoxy) is 1. The number of aliphatic hydroxyl groups is 1. The van der Waals surface area contributed by atoms with E-state index >= 15 is 0 Å². The first-order valence-electron chi connectivity index (χ1n) is 7.67. The topological polar surface area (TPSA) is 44.7 Å². The van der Waals surface area contributed by atoms with Gasteiger partial charge in [-0.15, -0.1) is 0 Å². The normalized spacial score (nSPS) is 16.5. The number of hydrogen-bond donors (Lipinski definition) is 2. The number of para-hydroxylation sites is 2. The van der Waals surface area contributed by atoms with Crippen molar-refractivity contribution < 1.29 is 9.84 Å². The van der Waals surface area contributed by atoms with Crippen LogP contribution >= 0.6 is 0 Å². The SMILES string of the molecule is CNC[C@@H](O)[C@H](c1ccccc1)N1CCOc2ccccc21. The zero-order valence-corrected chi connectivity index (χ0v) is 12.8. The second-order valence-electron chi connectivity index (χ2n) is 5.49. The smallest absolute Gasteiger partial charge is 0.142 e. The summed E-state index contributed by atoms with van der Waals surface area (Å²) in [6, 6.07) is 18.1. The highest BCUT2D eigenvalue weighted by molar-refractivity contribution is 5.61. The van der Waals surface area contributed by atoms with Gasteiger partial charge in [0.05, 0.1) is 24.4 Å². The van der Waals surface area contributed by atoms with Crippen LogP contribution in [0, 0.1) is 0 Å². The average Bonchev–Trinajstić information content (AvgIpc) is 2.57. The quantitative estimate of drug-likeness (QED) is 0.888. The summed E-state index contributed by atoms with van der Waals surface area (Å²) in [7, 11) is 1.86. The Morgan fingerprint density at radius 2 is 1.86 bits per heavy atom. The standard InChI is InChI=1S/C18H22N2O2/c1-19-13-16(21)18(14-7-3-2-4-8-14)20-11-12-22-17-10-6-5-9-15(17)20/h2-10,16,18-19,21H,11-13H2,1H3/t16-,18+/m1/s1. The lowest BCUT2D eigenvalue weighted by molar-refractivity contribution is 0.135. The van der Waals surface area contributed by atoms with Crippen molar-refractivity contribution in [1.29, 1.82) is 0 Å². The predicted octanol–water partition coefficient (Wildman–Crippen LogP) is 2.21. The zero-order chi connectivity index (χ0) is 15.4. The van der Waals surface area contributed by atoms with E-state index in [1.54, 1.807) is 0 Å². The molecule has 0 aromatic heterocycles. The van der Waals surface area contributed by atoms with E-state index in [4.69, 9.17) is 4.74 Å². The summed E-state index contributed by atoms with van der Waals surface area (Å²) in [6.07, 6.45) is -0.501.